The largest absolute Gasteiger partial charge is 0.323 e. The average molecular weight is 436 g/mol. The van der Waals surface area contributed by atoms with Gasteiger partial charge in [0.15, 0.2) is 5.16 Å². The Bertz CT molecular complexity index is 1030. The molecule has 0 atom stereocenters. The molecule has 28 heavy (non-hydrogen) atoms. The highest BCUT2D eigenvalue weighted by Gasteiger charge is 2.10. The lowest BCUT2D eigenvalue weighted by Gasteiger charge is -2.07. The number of hydrogen-bond donors (Lipinski definition) is 2. The van der Waals surface area contributed by atoms with Gasteiger partial charge in [0, 0.05) is 21.7 Å². The van der Waals surface area contributed by atoms with Gasteiger partial charge in [-0.15, -0.1) is 11.8 Å². The standard InChI is InChI=1S/C19H15ClFN3O2S2/c20-12-6-7-16(15(21)8-12)23-18(26)11-28-19-22-13(9-17(25)24-19)10-27-14-4-2-1-3-5-14/h1-9H,10-11H2,(H,23,26)(H,22,24,25). The van der Waals surface area contributed by atoms with Crippen LogP contribution in [0, 0.1) is 5.82 Å². The van der Waals surface area contributed by atoms with Gasteiger partial charge in [0.2, 0.25) is 5.91 Å². The van der Waals surface area contributed by atoms with Crippen LogP contribution in [0.4, 0.5) is 10.1 Å². The van der Waals surface area contributed by atoms with Gasteiger partial charge in [0.25, 0.3) is 5.56 Å². The summed E-state index contributed by atoms with van der Waals surface area (Å²) in [5.74, 6) is -0.528. The molecule has 1 amide bonds. The van der Waals surface area contributed by atoms with Gasteiger partial charge in [-0.25, -0.2) is 9.37 Å². The minimum absolute atomic E-state index is 0.0275. The van der Waals surface area contributed by atoms with Crippen molar-refractivity contribution >= 4 is 46.7 Å². The first-order chi connectivity index (χ1) is 13.5. The van der Waals surface area contributed by atoms with Crippen molar-refractivity contribution in [3.63, 3.8) is 0 Å². The molecule has 0 saturated heterocycles. The van der Waals surface area contributed by atoms with Crippen LogP contribution in [0.25, 0.3) is 0 Å². The molecular weight excluding hydrogens is 421 g/mol. The quantitative estimate of drug-likeness (QED) is 0.419. The third-order valence-electron chi connectivity index (χ3n) is 3.45. The monoisotopic (exact) mass is 435 g/mol. The summed E-state index contributed by atoms with van der Waals surface area (Å²) in [6.07, 6.45) is 0. The zero-order valence-electron chi connectivity index (χ0n) is 14.4. The average Bonchev–Trinajstić information content (AvgIpc) is 2.67. The number of amides is 1. The fourth-order valence-corrected chi connectivity index (χ4v) is 3.88. The number of hydrogen-bond acceptors (Lipinski definition) is 5. The first-order valence-corrected chi connectivity index (χ1v) is 10.5. The van der Waals surface area contributed by atoms with Crippen LogP contribution in [-0.2, 0) is 10.5 Å². The lowest BCUT2D eigenvalue weighted by Crippen LogP contribution is -2.16. The van der Waals surface area contributed by atoms with E-state index in [-0.39, 0.29) is 22.0 Å². The summed E-state index contributed by atoms with van der Waals surface area (Å²) in [5.41, 5.74) is 0.374. The predicted molar refractivity (Wildman–Crippen MR) is 112 cm³/mol. The van der Waals surface area contributed by atoms with Gasteiger partial charge in [-0.1, -0.05) is 41.6 Å². The number of nitrogens with one attached hydrogen (secondary N) is 2. The van der Waals surface area contributed by atoms with Crippen LogP contribution in [0.3, 0.4) is 0 Å². The van der Waals surface area contributed by atoms with Crippen molar-refractivity contribution in [3.05, 3.63) is 81.5 Å². The van der Waals surface area contributed by atoms with E-state index in [0.717, 1.165) is 22.7 Å². The molecule has 0 aliphatic rings. The highest BCUT2D eigenvalue weighted by atomic mass is 35.5. The van der Waals surface area contributed by atoms with E-state index in [1.165, 1.54) is 18.2 Å². The maximum Gasteiger partial charge on any atom is 0.251 e. The van der Waals surface area contributed by atoms with E-state index in [0.29, 0.717) is 16.6 Å². The fraction of sp³-hybridized carbons (Fsp3) is 0.105. The highest BCUT2D eigenvalue weighted by Crippen LogP contribution is 2.22. The molecule has 0 unspecified atom stereocenters. The lowest BCUT2D eigenvalue weighted by atomic mass is 10.3. The minimum Gasteiger partial charge on any atom is -0.323 e. The molecule has 0 radical (unpaired) electrons. The smallest absolute Gasteiger partial charge is 0.251 e. The molecule has 3 rings (SSSR count). The van der Waals surface area contributed by atoms with Gasteiger partial charge in [0.1, 0.15) is 5.82 Å². The number of anilines is 1. The maximum absolute atomic E-state index is 13.7. The van der Waals surface area contributed by atoms with E-state index in [1.54, 1.807) is 11.8 Å². The number of halogens is 2. The number of benzene rings is 2. The van der Waals surface area contributed by atoms with Gasteiger partial charge < -0.3 is 10.3 Å². The first-order valence-electron chi connectivity index (χ1n) is 8.15. The summed E-state index contributed by atoms with van der Waals surface area (Å²) in [7, 11) is 0. The number of carbonyl (C=O) groups is 1. The van der Waals surface area contributed by atoms with Gasteiger partial charge >= 0.3 is 0 Å². The van der Waals surface area contributed by atoms with Crippen molar-refractivity contribution in [1.82, 2.24) is 9.97 Å². The molecule has 9 heteroatoms. The molecule has 2 aromatic carbocycles. The summed E-state index contributed by atoms with van der Waals surface area (Å²) in [6, 6.07) is 15.2. The van der Waals surface area contributed by atoms with E-state index in [4.69, 9.17) is 11.6 Å². The molecule has 0 aliphatic carbocycles. The third-order valence-corrected chi connectivity index (χ3v) is 5.60. The van der Waals surface area contributed by atoms with Crippen LogP contribution < -0.4 is 10.9 Å². The van der Waals surface area contributed by atoms with Crippen LogP contribution in [-0.4, -0.2) is 21.6 Å². The number of aromatic nitrogens is 2. The van der Waals surface area contributed by atoms with Crippen LogP contribution in [0.5, 0.6) is 0 Å². The van der Waals surface area contributed by atoms with Crippen molar-refractivity contribution in [2.24, 2.45) is 0 Å². The predicted octanol–water partition coefficient (Wildman–Crippen LogP) is 4.59. The summed E-state index contributed by atoms with van der Waals surface area (Å²) in [5, 5.41) is 3.05. The third kappa shape index (κ3) is 6.12. The molecule has 144 valence electrons. The van der Waals surface area contributed by atoms with E-state index in [2.05, 4.69) is 15.3 Å². The molecule has 0 saturated carbocycles. The Morgan fingerprint density at radius 3 is 2.68 bits per heavy atom. The van der Waals surface area contributed by atoms with Crippen molar-refractivity contribution < 1.29 is 9.18 Å². The van der Waals surface area contributed by atoms with Gasteiger partial charge in [0.05, 0.1) is 17.1 Å². The molecule has 0 fully saturated rings. The maximum atomic E-state index is 13.7. The molecule has 2 N–H and O–H groups in total. The number of rotatable bonds is 7. The van der Waals surface area contributed by atoms with Crippen molar-refractivity contribution in [3.8, 4) is 0 Å². The number of carbonyl (C=O) groups excluding carboxylic acids is 1. The molecule has 1 heterocycles. The number of nitrogens with zero attached hydrogens (tertiary/aromatic N) is 1. The number of thioether (sulfide) groups is 2. The summed E-state index contributed by atoms with van der Waals surface area (Å²) in [4.78, 5) is 31.9. The van der Waals surface area contributed by atoms with Crippen LogP contribution in [0.15, 0.2) is 69.4 Å². The van der Waals surface area contributed by atoms with Crippen molar-refractivity contribution in [2.45, 2.75) is 15.8 Å². The van der Waals surface area contributed by atoms with Gasteiger partial charge in [-0.3, -0.25) is 9.59 Å². The zero-order valence-corrected chi connectivity index (χ0v) is 16.8. The second kappa shape index (κ2) is 9.77. The Labute approximate surface area is 174 Å². The SMILES string of the molecule is O=C(CSc1nc(CSc2ccccc2)cc(=O)[nH]1)Nc1ccc(Cl)cc1F. The van der Waals surface area contributed by atoms with Crippen LogP contribution >= 0.6 is 35.1 Å². The lowest BCUT2D eigenvalue weighted by molar-refractivity contribution is -0.113. The molecule has 0 aliphatic heterocycles. The summed E-state index contributed by atoms with van der Waals surface area (Å²) >= 11 is 8.32. The van der Waals surface area contributed by atoms with E-state index < -0.39 is 11.7 Å². The zero-order chi connectivity index (χ0) is 19.9. The molecule has 0 spiro atoms. The van der Waals surface area contributed by atoms with E-state index in [1.807, 2.05) is 30.3 Å². The Morgan fingerprint density at radius 2 is 1.93 bits per heavy atom. The highest BCUT2D eigenvalue weighted by molar-refractivity contribution is 7.99. The number of aromatic amines is 1. The van der Waals surface area contributed by atoms with Crippen LogP contribution in [0.1, 0.15) is 5.69 Å². The van der Waals surface area contributed by atoms with Gasteiger partial charge in [-0.2, -0.15) is 0 Å². The normalized spacial score (nSPS) is 10.6. The molecule has 1 aromatic heterocycles. The van der Waals surface area contributed by atoms with Crippen LogP contribution in [0.2, 0.25) is 5.02 Å². The fourth-order valence-electron chi connectivity index (χ4n) is 2.21. The Hall–Kier alpha value is -2.29. The van der Waals surface area contributed by atoms with Gasteiger partial charge in [-0.05, 0) is 30.3 Å². The summed E-state index contributed by atoms with van der Waals surface area (Å²) in [6.45, 7) is 0. The van der Waals surface area contributed by atoms with E-state index in [9.17, 15) is 14.0 Å². The number of H-pyrrole nitrogens is 1. The van der Waals surface area contributed by atoms with E-state index >= 15 is 0 Å². The molecule has 5 nitrogen and oxygen atoms in total. The molecule has 3 aromatic rings. The topological polar surface area (TPSA) is 74.8 Å². The Balaban J connectivity index is 1.58. The second-order valence-corrected chi connectivity index (χ2v) is 8.05. The first kappa shape index (κ1) is 20.4. The Kier molecular flexibility index (Phi) is 7.13. The minimum atomic E-state index is -0.614. The second-order valence-electron chi connectivity index (χ2n) is 5.60. The molecule has 0 bridgehead atoms. The molecular formula is C19H15ClFN3O2S2. The Morgan fingerprint density at radius 1 is 1.14 bits per heavy atom. The van der Waals surface area contributed by atoms with Crippen molar-refractivity contribution in [2.75, 3.05) is 11.1 Å². The summed E-state index contributed by atoms with van der Waals surface area (Å²) < 4.78 is 13.7. The van der Waals surface area contributed by atoms with Crippen molar-refractivity contribution in [1.29, 1.82) is 0 Å².